The van der Waals surface area contributed by atoms with E-state index in [9.17, 15) is 0 Å². The summed E-state index contributed by atoms with van der Waals surface area (Å²) in [6.45, 7) is 4.20. The largest absolute Gasteiger partial charge is 0.362 e. The Morgan fingerprint density at radius 1 is 1.13 bits per heavy atom. The van der Waals surface area contributed by atoms with Crippen molar-refractivity contribution in [1.82, 2.24) is 10.3 Å². The lowest BCUT2D eigenvalue weighted by molar-refractivity contribution is 0.435. The van der Waals surface area contributed by atoms with E-state index in [1.54, 1.807) is 0 Å². The van der Waals surface area contributed by atoms with E-state index < -0.39 is 0 Å². The number of hydrogen-bond donors (Lipinski definition) is 2. The summed E-state index contributed by atoms with van der Waals surface area (Å²) in [5, 5.41) is 8.20. The summed E-state index contributed by atoms with van der Waals surface area (Å²) in [7, 11) is 0. The summed E-state index contributed by atoms with van der Waals surface area (Å²) in [6, 6.07) is 13.0. The van der Waals surface area contributed by atoms with Crippen LogP contribution in [0, 0.1) is 0 Å². The molecule has 1 saturated heterocycles. The van der Waals surface area contributed by atoms with Crippen molar-refractivity contribution in [1.29, 1.82) is 0 Å². The number of thiocarbonyl (C=S) groups is 1. The average Bonchev–Trinajstić information content (AvgIpc) is 3.24. The van der Waals surface area contributed by atoms with Crippen molar-refractivity contribution in [2.75, 3.05) is 23.3 Å². The molecule has 2 fully saturated rings. The van der Waals surface area contributed by atoms with Crippen LogP contribution in [0.5, 0.6) is 0 Å². The molecule has 0 unspecified atom stereocenters. The van der Waals surface area contributed by atoms with E-state index in [0.29, 0.717) is 11.2 Å². The summed E-state index contributed by atoms with van der Waals surface area (Å²) in [4.78, 5) is 7.08. The van der Waals surface area contributed by atoms with Crippen molar-refractivity contribution in [3.63, 3.8) is 0 Å². The van der Waals surface area contributed by atoms with E-state index in [4.69, 9.17) is 23.8 Å². The number of pyridine rings is 1. The fourth-order valence-corrected chi connectivity index (χ4v) is 5.23. The van der Waals surface area contributed by atoms with Gasteiger partial charge in [0.1, 0.15) is 5.82 Å². The molecule has 160 valence electrons. The van der Waals surface area contributed by atoms with Gasteiger partial charge in [0.2, 0.25) is 0 Å². The highest BCUT2D eigenvalue weighted by Crippen LogP contribution is 2.41. The molecule has 0 bridgehead atoms. The molecule has 4 nitrogen and oxygen atoms in total. The molecule has 2 aromatic rings. The molecule has 1 aliphatic heterocycles. The summed E-state index contributed by atoms with van der Waals surface area (Å²) in [5.41, 5.74) is 2.40. The van der Waals surface area contributed by atoms with Crippen LogP contribution in [-0.2, 0) is 5.41 Å². The molecule has 2 aliphatic rings. The van der Waals surface area contributed by atoms with Crippen molar-refractivity contribution in [2.24, 2.45) is 0 Å². The van der Waals surface area contributed by atoms with Crippen LogP contribution < -0.4 is 15.5 Å². The van der Waals surface area contributed by atoms with Crippen molar-refractivity contribution in [3.05, 3.63) is 53.2 Å². The van der Waals surface area contributed by atoms with Gasteiger partial charge in [-0.15, -0.1) is 0 Å². The first-order valence-electron chi connectivity index (χ1n) is 11.1. The predicted octanol–water partition coefficient (Wildman–Crippen LogP) is 5.91. The zero-order valence-electron chi connectivity index (χ0n) is 17.7. The molecule has 1 atom stereocenters. The Bertz CT molecular complexity index is 847. The molecule has 0 radical (unpaired) electrons. The third kappa shape index (κ3) is 4.89. The lowest BCUT2D eigenvalue weighted by Crippen LogP contribution is -2.40. The lowest BCUT2D eigenvalue weighted by Gasteiger charge is -2.34. The van der Waals surface area contributed by atoms with E-state index in [1.165, 1.54) is 50.5 Å². The van der Waals surface area contributed by atoms with Gasteiger partial charge in [0.15, 0.2) is 5.11 Å². The summed E-state index contributed by atoms with van der Waals surface area (Å²) >= 11 is 11.7. The summed E-state index contributed by atoms with van der Waals surface area (Å²) < 4.78 is 0. The minimum atomic E-state index is 0.128. The van der Waals surface area contributed by atoms with Crippen LogP contribution in [-0.4, -0.2) is 29.2 Å². The highest BCUT2D eigenvalue weighted by atomic mass is 35.5. The molecule has 2 heterocycles. The smallest absolute Gasteiger partial charge is 0.170 e. The van der Waals surface area contributed by atoms with Gasteiger partial charge >= 0.3 is 0 Å². The standard InChI is InChI=1S/C24H31ClN4S/c1-18-6-2-5-15-29(18)22-12-11-21(16-26-22)28-23(30)27-17-24(13-3-4-14-24)19-7-9-20(25)10-8-19/h7-12,16,18H,2-6,13-15,17H2,1H3,(H2,27,28,30)/t18-/m0/s1. The minimum absolute atomic E-state index is 0.128. The predicted molar refractivity (Wildman–Crippen MR) is 131 cm³/mol. The molecule has 4 rings (SSSR count). The Labute approximate surface area is 190 Å². The van der Waals surface area contributed by atoms with Crippen LogP contribution in [0.15, 0.2) is 42.6 Å². The molecule has 1 aromatic heterocycles. The van der Waals surface area contributed by atoms with Gasteiger partial charge in [-0.25, -0.2) is 4.98 Å². The SMILES string of the molecule is C[C@H]1CCCCN1c1ccc(NC(=S)NCC2(c3ccc(Cl)cc3)CCCC2)cn1. The van der Waals surface area contributed by atoms with Crippen LogP contribution in [0.4, 0.5) is 11.5 Å². The fraction of sp³-hybridized carbons (Fsp3) is 0.500. The molecule has 0 amide bonds. The average molecular weight is 443 g/mol. The van der Waals surface area contributed by atoms with Crippen molar-refractivity contribution in [2.45, 2.75) is 63.3 Å². The highest BCUT2D eigenvalue weighted by molar-refractivity contribution is 7.80. The van der Waals surface area contributed by atoms with Gasteiger partial charge in [0.25, 0.3) is 0 Å². The van der Waals surface area contributed by atoms with Crippen molar-refractivity contribution < 1.29 is 0 Å². The molecule has 2 N–H and O–H groups in total. The molecule has 6 heteroatoms. The van der Waals surface area contributed by atoms with E-state index >= 15 is 0 Å². The third-order valence-corrected chi connectivity index (χ3v) is 7.21. The Kier molecular flexibility index (Phi) is 6.79. The van der Waals surface area contributed by atoms with Crippen LogP contribution in [0.3, 0.4) is 0 Å². The maximum absolute atomic E-state index is 6.09. The number of rotatable bonds is 5. The molecular weight excluding hydrogens is 412 g/mol. The van der Waals surface area contributed by atoms with Crippen LogP contribution in [0.2, 0.25) is 5.02 Å². The topological polar surface area (TPSA) is 40.2 Å². The third-order valence-electron chi connectivity index (χ3n) is 6.71. The lowest BCUT2D eigenvalue weighted by atomic mass is 9.79. The molecule has 1 saturated carbocycles. The Hall–Kier alpha value is -1.85. The van der Waals surface area contributed by atoms with Gasteiger partial charge in [-0.1, -0.05) is 36.6 Å². The maximum atomic E-state index is 6.09. The quantitative estimate of drug-likeness (QED) is 0.563. The van der Waals surface area contributed by atoms with Gasteiger partial charge in [0, 0.05) is 29.6 Å². The van der Waals surface area contributed by atoms with Crippen molar-refractivity contribution >= 4 is 40.4 Å². The normalized spacial score (nSPS) is 20.7. The first kappa shape index (κ1) is 21.4. The molecule has 0 spiro atoms. The first-order chi connectivity index (χ1) is 14.6. The van der Waals surface area contributed by atoms with Crippen LogP contribution >= 0.6 is 23.8 Å². The van der Waals surface area contributed by atoms with E-state index in [0.717, 1.165) is 29.6 Å². The Balaban J connectivity index is 1.35. The number of anilines is 2. The number of aromatic nitrogens is 1. The number of piperidine rings is 1. The Morgan fingerprint density at radius 2 is 1.90 bits per heavy atom. The van der Waals surface area contributed by atoms with Gasteiger partial charge in [0.05, 0.1) is 11.9 Å². The maximum Gasteiger partial charge on any atom is 0.170 e. The zero-order valence-corrected chi connectivity index (χ0v) is 19.2. The molecule has 1 aliphatic carbocycles. The monoisotopic (exact) mass is 442 g/mol. The number of hydrogen-bond acceptors (Lipinski definition) is 3. The zero-order chi connectivity index (χ0) is 21.0. The summed E-state index contributed by atoms with van der Waals surface area (Å²) in [6.07, 6.45) is 10.5. The number of benzene rings is 1. The number of nitrogens with zero attached hydrogens (tertiary/aromatic N) is 2. The second-order valence-electron chi connectivity index (χ2n) is 8.75. The van der Waals surface area contributed by atoms with Crippen LogP contribution in [0.1, 0.15) is 57.4 Å². The van der Waals surface area contributed by atoms with E-state index in [2.05, 4.69) is 51.7 Å². The molecule has 30 heavy (non-hydrogen) atoms. The molecule has 1 aromatic carbocycles. The summed E-state index contributed by atoms with van der Waals surface area (Å²) in [5.74, 6) is 1.05. The Morgan fingerprint density at radius 3 is 2.57 bits per heavy atom. The fourth-order valence-electron chi connectivity index (χ4n) is 4.92. The van der Waals surface area contributed by atoms with E-state index in [1.807, 2.05) is 18.3 Å². The first-order valence-corrected chi connectivity index (χ1v) is 11.9. The van der Waals surface area contributed by atoms with E-state index in [-0.39, 0.29) is 5.41 Å². The van der Waals surface area contributed by atoms with Gasteiger partial charge in [-0.05, 0) is 81.1 Å². The molecular formula is C24H31ClN4S. The second kappa shape index (κ2) is 9.52. The highest BCUT2D eigenvalue weighted by Gasteiger charge is 2.35. The van der Waals surface area contributed by atoms with Gasteiger partial charge in [-0.2, -0.15) is 0 Å². The minimum Gasteiger partial charge on any atom is -0.362 e. The number of nitrogens with one attached hydrogen (secondary N) is 2. The van der Waals surface area contributed by atoms with Gasteiger partial charge in [-0.3, -0.25) is 0 Å². The van der Waals surface area contributed by atoms with Crippen LogP contribution in [0.25, 0.3) is 0 Å². The number of halogens is 1. The second-order valence-corrected chi connectivity index (χ2v) is 9.59. The van der Waals surface area contributed by atoms with Crippen molar-refractivity contribution in [3.8, 4) is 0 Å². The van der Waals surface area contributed by atoms with Gasteiger partial charge < -0.3 is 15.5 Å².